The summed E-state index contributed by atoms with van der Waals surface area (Å²) in [5.74, 6) is -0.496. The highest BCUT2D eigenvalue weighted by Crippen LogP contribution is 2.31. The second-order valence-electron chi connectivity index (χ2n) is 4.48. The number of thiazole rings is 1. The molecule has 2 aromatic rings. The number of fused-ring (bicyclic) bond motifs is 1. The third-order valence-electron chi connectivity index (χ3n) is 2.96. The van der Waals surface area contributed by atoms with Gasteiger partial charge in [0.05, 0.1) is 16.3 Å². The van der Waals surface area contributed by atoms with Crippen LogP contribution in [0.1, 0.15) is 6.42 Å². The summed E-state index contributed by atoms with van der Waals surface area (Å²) >= 11 is 1.10. The maximum atomic E-state index is 12.2. The van der Waals surface area contributed by atoms with Crippen molar-refractivity contribution in [2.75, 3.05) is 11.9 Å². The van der Waals surface area contributed by atoms with Crippen LogP contribution in [0.4, 0.5) is 18.3 Å². The Labute approximate surface area is 121 Å². The average molecular weight is 317 g/mol. The molecule has 2 N–H and O–H groups in total. The molecule has 21 heavy (non-hydrogen) atoms. The largest absolute Gasteiger partial charge is 0.573 e. The van der Waals surface area contributed by atoms with Gasteiger partial charge in [0, 0.05) is 6.07 Å². The molecule has 1 atom stereocenters. The molecule has 112 valence electrons. The first kappa shape index (κ1) is 14.1. The zero-order valence-corrected chi connectivity index (χ0v) is 11.3. The Hall–Kier alpha value is -1.87. The Balaban J connectivity index is 1.77. The normalized spacial score (nSPS) is 18.3. The third kappa shape index (κ3) is 3.24. The molecule has 0 bridgehead atoms. The van der Waals surface area contributed by atoms with Crippen LogP contribution in [0.5, 0.6) is 5.75 Å². The van der Waals surface area contributed by atoms with Crippen LogP contribution < -0.4 is 15.4 Å². The first-order valence-electron chi connectivity index (χ1n) is 6.11. The summed E-state index contributed by atoms with van der Waals surface area (Å²) in [6.07, 6.45) is -3.97. The zero-order chi connectivity index (χ0) is 15.0. The van der Waals surface area contributed by atoms with Crippen molar-refractivity contribution >= 4 is 32.6 Å². The second kappa shape index (κ2) is 5.15. The SMILES string of the molecule is O=C(Nc1nc2ccc(OC(F)(F)F)cc2s1)[C@@H]1CCN1. The van der Waals surface area contributed by atoms with Crippen LogP contribution in [0.15, 0.2) is 18.2 Å². The van der Waals surface area contributed by atoms with Gasteiger partial charge in [0.15, 0.2) is 5.13 Å². The van der Waals surface area contributed by atoms with E-state index < -0.39 is 6.36 Å². The number of anilines is 1. The molecule has 0 radical (unpaired) electrons. The molecule has 0 spiro atoms. The van der Waals surface area contributed by atoms with E-state index in [9.17, 15) is 18.0 Å². The van der Waals surface area contributed by atoms with E-state index in [1.165, 1.54) is 18.2 Å². The number of hydrogen-bond donors (Lipinski definition) is 2. The Morgan fingerprint density at radius 1 is 1.48 bits per heavy atom. The number of alkyl halides is 3. The summed E-state index contributed by atoms with van der Waals surface area (Å²) in [5.41, 5.74) is 0.506. The highest BCUT2D eigenvalue weighted by Gasteiger charge is 2.31. The number of aromatic nitrogens is 1. The van der Waals surface area contributed by atoms with Crippen LogP contribution in [-0.2, 0) is 4.79 Å². The molecule has 1 aliphatic heterocycles. The van der Waals surface area contributed by atoms with E-state index in [4.69, 9.17) is 0 Å². The number of amides is 1. The lowest BCUT2D eigenvalue weighted by Gasteiger charge is -2.25. The standard InChI is InChI=1S/C12H10F3N3O2S/c13-12(14,15)20-6-1-2-7-9(5-6)21-11(17-7)18-10(19)8-3-4-16-8/h1-2,5,8,16H,3-4H2,(H,17,18,19)/t8-/m0/s1. The van der Waals surface area contributed by atoms with E-state index in [-0.39, 0.29) is 17.7 Å². The van der Waals surface area contributed by atoms with Crippen LogP contribution in [0.2, 0.25) is 0 Å². The number of ether oxygens (including phenoxy) is 1. The van der Waals surface area contributed by atoms with E-state index in [1.54, 1.807) is 0 Å². The summed E-state index contributed by atoms with van der Waals surface area (Å²) in [6, 6.07) is 3.64. The van der Waals surface area contributed by atoms with Crippen molar-refractivity contribution in [3.05, 3.63) is 18.2 Å². The van der Waals surface area contributed by atoms with Crippen molar-refractivity contribution in [3.63, 3.8) is 0 Å². The van der Waals surface area contributed by atoms with Gasteiger partial charge in [-0.3, -0.25) is 4.79 Å². The minimum absolute atomic E-state index is 0.188. The molecule has 2 heterocycles. The van der Waals surface area contributed by atoms with Crippen molar-refractivity contribution < 1.29 is 22.7 Å². The number of hydrogen-bond acceptors (Lipinski definition) is 5. The average Bonchev–Trinajstić information content (AvgIpc) is 2.65. The quantitative estimate of drug-likeness (QED) is 0.913. The lowest BCUT2D eigenvalue weighted by molar-refractivity contribution is -0.274. The number of carbonyl (C=O) groups excluding carboxylic acids is 1. The molecule has 3 rings (SSSR count). The van der Waals surface area contributed by atoms with Crippen molar-refractivity contribution in [2.24, 2.45) is 0 Å². The number of benzene rings is 1. The molecule has 1 aromatic carbocycles. The number of carbonyl (C=O) groups is 1. The number of nitrogens with zero attached hydrogens (tertiary/aromatic N) is 1. The van der Waals surface area contributed by atoms with Gasteiger partial charge in [0.1, 0.15) is 5.75 Å². The number of nitrogens with one attached hydrogen (secondary N) is 2. The van der Waals surface area contributed by atoms with E-state index >= 15 is 0 Å². The van der Waals surface area contributed by atoms with Gasteiger partial charge in [-0.1, -0.05) is 11.3 Å². The lowest BCUT2D eigenvalue weighted by Crippen LogP contribution is -2.50. The van der Waals surface area contributed by atoms with Crippen molar-refractivity contribution in [3.8, 4) is 5.75 Å². The Morgan fingerprint density at radius 2 is 2.24 bits per heavy atom. The van der Waals surface area contributed by atoms with Gasteiger partial charge in [-0.15, -0.1) is 13.2 Å². The van der Waals surface area contributed by atoms with Crippen LogP contribution in [-0.4, -0.2) is 29.8 Å². The highest BCUT2D eigenvalue weighted by atomic mass is 32.1. The molecule has 1 amide bonds. The first-order valence-corrected chi connectivity index (χ1v) is 6.93. The van der Waals surface area contributed by atoms with Crippen LogP contribution in [0.3, 0.4) is 0 Å². The van der Waals surface area contributed by atoms with Crippen molar-refractivity contribution in [1.29, 1.82) is 0 Å². The molecule has 0 unspecified atom stereocenters. The molecule has 1 saturated heterocycles. The minimum atomic E-state index is -4.73. The molecule has 5 nitrogen and oxygen atoms in total. The first-order chi connectivity index (χ1) is 9.90. The summed E-state index contributed by atoms with van der Waals surface area (Å²) in [7, 11) is 0. The Kier molecular flexibility index (Phi) is 3.46. The summed E-state index contributed by atoms with van der Waals surface area (Å²) in [4.78, 5) is 15.9. The molecule has 9 heteroatoms. The van der Waals surface area contributed by atoms with Gasteiger partial charge >= 0.3 is 6.36 Å². The van der Waals surface area contributed by atoms with E-state index in [1.807, 2.05) is 0 Å². The van der Waals surface area contributed by atoms with Gasteiger partial charge in [-0.05, 0) is 25.1 Å². The molecular formula is C12H10F3N3O2S. The molecular weight excluding hydrogens is 307 g/mol. The highest BCUT2D eigenvalue weighted by molar-refractivity contribution is 7.22. The van der Waals surface area contributed by atoms with Crippen LogP contribution >= 0.6 is 11.3 Å². The monoisotopic (exact) mass is 317 g/mol. The van der Waals surface area contributed by atoms with Gasteiger partial charge < -0.3 is 15.4 Å². The second-order valence-corrected chi connectivity index (χ2v) is 5.51. The third-order valence-corrected chi connectivity index (χ3v) is 3.90. The zero-order valence-electron chi connectivity index (χ0n) is 10.5. The van der Waals surface area contributed by atoms with Crippen molar-refractivity contribution in [2.45, 2.75) is 18.8 Å². The lowest BCUT2D eigenvalue weighted by atomic mass is 10.1. The van der Waals surface area contributed by atoms with Gasteiger partial charge in [0.2, 0.25) is 5.91 Å². The predicted molar refractivity (Wildman–Crippen MR) is 71.3 cm³/mol. The fourth-order valence-corrected chi connectivity index (χ4v) is 2.76. The fourth-order valence-electron chi connectivity index (χ4n) is 1.86. The minimum Gasteiger partial charge on any atom is -0.406 e. The number of rotatable bonds is 3. The molecule has 1 aromatic heterocycles. The van der Waals surface area contributed by atoms with Gasteiger partial charge in [-0.2, -0.15) is 0 Å². The van der Waals surface area contributed by atoms with E-state index in [0.29, 0.717) is 15.3 Å². The Morgan fingerprint density at radius 3 is 2.86 bits per heavy atom. The van der Waals surface area contributed by atoms with Crippen LogP contribution in [0.25, 0.3) is 10.2 Å². The molecule has 1 fully saturated rings. The summed E-state index contributed by atoms with van der Waals surface area (Å²) in [6.45, 7) is 0.802. The maximum Gasteiger partial charge on any atom is 0.573 e. The topological polar surface area (TPSA) is 63.2 Å². The van der Waals surface area contributed by atoms with E-state index in [0.717, 1.165) is 24.3 Å². The molecule has 0 aliphatic carbocycles. The van der Waals surface area contributed by atoms with Gasteiger partial charge in [0.25, 0.3) is 0 Å². The Bertz CT molecular complexity index is 682. The van der Waals surface area contributed by atoms with Crippen LogP contribution in [0, 0.1) is 0 Å². The molecule has 1 aliphatic rings. The molecule has 0 saturated carbocycles. The van der Waals surface area contributed by atoms with Crippen molar-refractivity contribution in [1.82, 2.24) is 10.3 Å². The maximum absolute atomic E-state index is 12.2. The predicted octanol–water partition coefficient (Wildman–Crippen LogP) is 2.50. The van der Waals surface area contributed by atoms with Gasteiger partial charge in [-0.25, -0.2) is 4.98 Å². The van der Waals surface area contributed by atoms with E-state index in [2.05, 4.69) is 20.4 Å². The summed E-state index contributed by atoms with van der Waals surface area (Å²) in [5, 5.41) is 5.95. The fraction of sp³-hybridized carbons (Fsp3) is 0.333. The number of halogens is 3. The smallest absolute Gasteiger partial charge is 0.406 e. The summed E-state index contributed by atoms with van der Waals surface area (Å²) < 4.78 is 40.8.